The summed E-state index contributed by atoms with van der Waals surface area (Å²) < 4.78 is 0. The minimum atomic E-state index is 0.771. The van der Waals surface area contributed by atoms with Crippen molar-refractivity contribution in [3.63, 3.8) is 0 Å². The number of benzene rings is 2. The van der Waals surface area contributed by atoms with E-state index >= 15 is 0 Å². The van der Waals surface area contributed by atoms with E-state index in [1.54, 1.807) is 0 Å². The highest BCUT2D eigenvalue weighted by Gasteiger charge is 2.11. The van der Waals surface area contributed by atoms with Gasteiger partial charge in [-0.2, -0.15) is 0 Å². The second kappa shape index (κ2) is 8.34. The molecule has 26 heavy (non-hydrogen) atoms. The molecule has 0 fully saturated rings. The van der Waals surface area contributed by atoms with Gasteiger partial charge in [-0.3, -0.25) is 4.99 Å². The molecule has 0 aliphatic heterocycles. The molecule has 3 heteroatoms. The number of hydrogen-bond acceptors (Lipinski definition) is 3. The number of nitrogens with one attached hydrogen (secondary N) is 1. The third kappa shape index (κ3) is 4.12. The summed E-state index contributed by atoms with van der Waals surface area (Å²) in [5, 5.41) is 3.34. The summed E-state index contributed by atoms with van der Waals surface area (Å²) in [6, 6.07) is 16.6. The normalized spacial score (nSPS) is 13.0. The third-order valence-corrected chi connectivity index (χ3v) is 4.25. The number of allylic oxidation sites excluding steroid dienone is 5. The number of hydrogen-bond donors (Lipinski definition) is 2. The monoisotopic (exact) mass is 343 g/mol. The second-order valence-corrected chi connectivity index (χ2v) is 6.13. The summed E-state index contributed by atoms with van der Waals surface area (Å²) in [7, 11) is 0. The number of rotatable bonds is 5. The zero-order valence-electron chi connectivity index (χ0n) is 15.4. The Balaban J connectivity index is 2.07. The van der Waals surface area contributed by atoms with Crippen LogP contribution in [-0.2, 0) is 0 Å². The van der Waals surface area contributed by atoms with Crippen LogP contribution in [0.1, 0.15) is 25.0 Å². The van der Waals surface area contributed by atoms with Crippen LogP contribution in [0.25, 0.3) is 5.57 Å². The Morgan fingerprint density at radius 1 is 0.846 bits per heavy atom. The Hall–Kier alpha value is -3.07. The molecule has 132 valence electrons. The van der Waals surface area contributed by atoms with Gasteiger partial charge >= 0.3 is 0 Å². The van der Waals surface area contributed by atoms with Crippen molar-refractivity contribution in [2.75, 3.05) is 24.1 Å². The van der Waals surface area contributed by atoms with Gasteiger partial charge in [0.25, 0.3) is 0 Å². The highest BCUT2D eigenvalue weighted by Crippen LogP contribution is 2.31. The van der Waals surface area contributed by atoms with Crippen LogP contribution in [-0.4, -0.2) is 18.8 Å². The number of aliphatic imine (C=N–C) groups is 1. The summed E-state index contributed by atoms with van der Waals surface area (Å²) in [4.78, 5) is 4.46. The standard InChI is InChI=1S/C23H25N3/c1-3-25-21-13-7-18(8-14-21)23(17-5-11-20(24)12-6-17)19-9-15-22(16-10-19)26-4-2/h5-16,25H,3-4,24H2,1-2H3. The van der Waals surface area contributed by atoms with Crippen molar-refractivity contribution < 1.29 is 0 Å². The van der Waals surface area contributed by atoms with Gasteiger partial charge < -0.3 is 11.1 Å². The van der Waals surface area contributed by atoms with Crippen molar-refractivity contribution in [3.8, 4) is 0 Å². The van der Waals surface area contributed by atoms with Gasteiger partial charge in [0, 0.05) is 24.5 Å². The van der Waals surface area contributed by atoms with Crippen molar-refractivity contribution in [3.05, 3.63) is 89.5 Å². The summed E-state index contributed by atoms with van der Waals surface area (Å²) in [6.07, 6.45) is 8.42. The van der Waals surface area contributed by atoms with Gasteiger partial charge in [-0.15, -0.1) is 0 Å². The van der Waals surface area contributed by atoms with Gasteiger partial charge in [-0.05, 0) is 72.5 Å². The van der Waals surface area contributed by atoms with Crippen LogP contribution in [0.15, 0.2) is 83.4 Å². The van der Waals surface area contributed by atoms with Crippen molar-refractivity contribution >= 4 is 22.7 Å². The lowest BCUT2D eigenvalue weighted by Crippen LogP contribution is -2.00. The van der Waals surface area contributed by atoms with Crippen LogP contribution in [0.2, 0.25) is 0 Å². The maximum absolute atomic E-state index is 5.88. The molecule has 0 bridgehead atoms. The second-order valence-electron chi connectivity index (χ2n) is 6.13. The number of nitrogens with two attached hydrogens (primary N) is 1. The highest BCUT2D eigenvalue weighted by atomic mass is 14.8. The molecule has 0 aromatic heterocycles. The minimum Gasteiger partial charge on any atom is -0.399 e. The Labute approximate surface area is 155 Å². The molecule has 1 aliphatic rings. The molecule has 0 unspecified atom stereocenters. The lowest BCUT2D eigenvalue weighted by Gasteiger charge is -2.15. The topological polar surface area (TPSA) is 50.4 Å². The fraction of sp³-hybridized carbons (Fsp3) is 0.174. The van der Waals surface area contributed by atoms with E-state index in [1.165, 1.54) is 16.7 Å². The molecule has 2 aromatic rings. The van der Waals surface area contributed by atoms with E-state index in [0.717, 1.165) is 35.7 Å². The van der Waals surface area contributed by atoms with E-state index in [-0.39, 0.29) is 0 Å². The van der Waals surface area contributed by atoms with Crippen molar-refractivity contribution in [1.82, 2.24) is 0 Å². The van der Waals surface area contributed by atoms with E-state index in [4.69, 9.17) is 5.73 Å². The zero-order chi connectivity index (χ0) is 18.4. The molecular weight excluding hydrogens is 318 g/mol. The average Bonchev–Trinajstić information content (AvgIpc) is 2.67. The predicted octanol–water partition coefficient (Wildman–Crippen LogP) is 5.09. The van der Waals surface area contributed by atoms with Gasteiger partial charge in [-0.1, -0.05) is 36.4 Å². The first-order valence-electron chi connectivity index (χ1n) is 9.06. The molecule has 3 nitrogen and oxygen atoms in total. The van der Waals surface area contributed by atoms with Crippen LogP contribution < -0.4 is 11.1 Å². The van der Waals surface area contributed by atoms with Crippen molar-refractivity contribution in [2.45, 2.75) is 13.8 Å². The SMILES string of the molecule is CCN=C1C=CC(=C(c2ccc(N)cc2)c2ccc(NCC)cc2)C=C1. The Kier molecular flexibility index (Phi) is 5.69. The van der Waals surface area contributed by atoms with Crippen LogP contribution in [0.3, 0.4) is 0 Å². The molecule has 1 aliphatic carbocycles. The predicted molar refractivity (Wildman–Crippen MR) is 114 cm³/mol. The van der Waals surface area contributed by atoms with Crippen molar-refractivity contribution in [1.29, 1.82) is 0 Å². The van der Waals surface area contributed by atoms with E-state index in [0.29, 0.717) is 0 Å². The van der Waals surface area contributed by atoms with Gasteiger partial charge in [-0.25, -0.2) is 0 Å². The quantitative estimate of drug-likeness (QED) is 0.743. The first-order chi connectivity index (χ1) is 12.7. The van der Waals surface area contributed by atoms with E-state index < -0.39 is 0 Å². The molecule has 2 aromatic carbocycles. The van der Waals surface area contributed by atoms with E-state index in [1.807, 2.05) is 19.1 Å². The van der Waals surface area contributed by atoms with Gasteiger partial charge in [0.2, 0.25) is 0 Å². The molecule has 0 saturated carbocycles. The molecule has 0 radical (unpaired) electrons. The Bertz CT molecular complexity index is 849. The maximum atomic E-state index is 5.88. The maximum Gasteiger partial charge on any atom is 0.0574 e. The number of nitrogen functional groups attached to an aromatic ring is 1. The van der Waals surface area contributed by atoms with Crippen LogP contribution in [0.4, 0.5) is 11.4 Å². The lowest BCUT2D eigenvalue weighted by atomic mass is 9.90. The molecule has 0 saturated heterocycles. The highest BCUT2D eigenvalue weighted by molar-refractivity contribution is 6.07. The van der Waals surface area contributed by atoms with E-state index in [2.05, 4.69) is 77.9 Å². The molecular formula is C23H25N3. The molecule has 0 atom stereocenters. The molecule has 0 spiro atoms. The summed E-state index contributed by atoms with van der Waals surface area (Å²) in [5.41, 5.74) is 13.5. The minimum absolute atomic E-state index is 0.771. The summed E-state index contributed by atoms with van der Waals surface area (Å²) >= 11 is 0. The molecule has 3 rings (SSSR count). The molecule has 0 heterocycles. The van der Waals surface area contributed by atoms with Crippen molar-refractivity contribution in [2.24, 2.45) is 4.99 Å². The Morgan fingerprint density at radius 3 is 1.96 bits per heavy atom. The third-order valence-electron chi connectivity index (χ3n) is 4.25. The number of nitrogens with zero attached hydrogens (tertiary/aromatic N) is 1. The summed E-state index contributed by atoms with van der Waals surface area (Å²) in [5.74, 6) is 0. The Morgan fingerprint density at radius 2 is 1.42 bits per heavy atom. The smallest absolute Gasteiger partial charge is 0.0574 e. The first-order valence-corrected chi connectivity index (χ1v) is 9.06. The fourth-order valence-corrected chi connectivity index (χ4v) is 3.02. The van der Waals surface area contributed by atoms with Gasteiger partial charge in [0.15, 0.2) is 0 Å². The van der Waals surface area contributed by atoms with Gasteiger partial charge in [0.05, 0.1) is 5.71 Å². The molecule has 0 amide bonds. The number of anilines is 2. The zero-order valence-corrected chi connectivity index (χ0v) is 15.4. The largest absolute Gasteiger partial charge is 0.399 e. The van der Waals surface area contributed by atoms with Gasteiger partial charge in [0.1, 0.15) is 0 Å². The van der Waals surface area contributed by atoms with E-state index in [9.17, 15) is 0 Å². The fourth-order valence-electron chi connectivity index (χ4n) is 3.02. The summed E-state index contributed by atoms with van der Waals surface area (Å²) in [6.45, 7) is 5.85. The van der Waals surface area contributed by atoms with Crippen LogP contribution in [0, 0.1) is 0 Å². The van der Waals surface area contributed by atoms with Crippen LogP contribution in [0.5, 0.6) is 0 Å². The molecule has 3 N–H and O–H groups in total. The average molecular weight is 343 g/mol. The first kappa shape index (κ1) is 17.7. The van der Waals surface area contributed by atoms with Crippen LogP contribution >= 0.6 is 0 Å². The lowest BCUT2D eigenvalue weighted by molar-refractivity contribution is 1.13.